The second-order valence-electron chi connectivity index (χ2n) is 3.84. The molecule has 0 unspecified atom stereocenters. The minimum Gasteiger partial charge on any atom is -0.243 e. The molecule has 0 fully saturated rings. The van der Waals surface area contributed by atoms with Crippen LogP contribution in [0.5, 0.6) is 0 Å². The summed E-state index contributed by atoms with van der Waals surface area (Å²) in [6, 6.07) is 1.82. The topological polar surface area (TPSA) is 54.5 Å². The van der Waals surface area contributed by atoms with Crippen LogP contribution in [0.3, 0.4) is 0 Å². The van der Waals surface area contributed by atoms with Crippen molar-refractivity contribution in [2.45, 2.75) is 52.0 Å². The van der Waals surface area contributed by atoms with E-state index in [0.29, 0.717) is 6.54 Å². The van der Waals surface area contributed by atoms with E-state index in [-0.39, 0.29) is 17.8 Å². The number of aryl methyl sites for hydroxylation is 1. The predicted molar refractivity (Wildman–Crippen MR) is 58.4 cm³/mol. The molecule has 0 aliphatic carbocycles. The highest BCUT2D eigenvalue weighted by atomic mass is 19.3. The van der Waals surface area contributed by atoms with Crippen molar-refractivity contribution in [2.24, 2.45) is 0 Å². The summed E-state index contributed by atoms with van der Waals surface area (Å²) in [5, 5.41) is 15.8. The first-order valence-corrected chi connectivity index (χ1v) is 5.78. The Morgan fingerprint density at radius 3 is 2.71 bits per heavy atom. The third kappa shape index (κ3) is 3.77. The van der Waals surface area contributed by atoms with Crippen molar-refractivity contribution in [3.05, 3.63) is 11.4 Å². The van der Waals surface area contributed by atoms with Gasteiger partial charge in [0.1, 0.15) is 11.4 Å². The van der Waals surface area contributed by atoms with Crippen LogP contribution in [0.4, 0.5) is 8.78 Å². The summed E-state index contributed by atoms with van der Waals surface area (Å²) in [6.45, 7) is 2.53. The third-order valence-corrected chi connectivity index (χ3v) is 2.52. The Labute approximate surface area is 99.2 Å². The number of hydrogen-bond acceptors (Lipinski definition) is 3. The van der Waals surface area contributed by atoms with Crippen molar-refractivity contribution < 1.29 is 8.78 Å². The number of aromatic nitrogens is 3. The normalized spacial score (nSPS) is 10.8. The predicted octanol–water partition coefficient (Wildman–Crippen LogP) is 2.86. The van der Waals surface area contributed by atoms with Gasteiger partial charge in [-0.2, -0.15) is 5.26 Å². The molecule has 0 aliphatic rings. The van der Waals surface area contributed by atoms with E-state index in [0.717, 1.165) is 25.7 Å². The molecule has 0 aliphatic heterocycles. The lowest BCUT2D eigenvalue weighted by Crippen LogP contribution is -2.07. The lowest BCUT2D eigenvalue weighted by atomic mass is 10.2. The maximum absolute atomic E-state index is 12.8. The van der Waals surface area contributed by atoms with E-state index in [1.807, 2.05) is 6.07 Å². The fraction of sp³-hybridized carbons (Fsp3) is 0.727. The Morgan fingerprint density at radius 1 is 1.35 bits per heavy atom. The van der Waals surface area contributed by atoms with Gasteiger partial charge in [0.2, 0.25) is 0 Å². The summed E-state index contributed by atoms with van der Waals surface area (Å²) in [6.07, 6.45) is 1.24. The monoisotopic (exact) mass is 242 g/mol. The SMILES string of the molecule is CCCCCCn1nnc(CC#N)c1C(F)F. The van der Waals surface area contributed by atoms with Crippen LogP contribution in [0.15, 0.2) is 0 Å². The fourth-order valence-electron chi connectivity index (χ4n) is 1.65. The molecule has 4 nitrogen and oxygen atoms in total. The molecule has 94 valence electrons. The maximum Gasteiger partial charge on any atom is 0.281 e. The van der Waals surface area contributed by atoms with Gasteiger partial charge >= 0.3 is 0 Å². The van der Waals surface area contributed by atoms with Crippen molar-refractivity contribution in [2.75, 3.05) is 0 Å². The molecular formula is C11H16F2N4. The minimum atomic E-state index is -2.63. The summed E-state index contributed by atoms with van der Waals surface area (Å²) in [4.78, 5) is 0. The average molecular weight is 242 g/mol. The molecule has 1 aromatic heterocycles. The van der Waals surface area contributed by atoms with E-state index in [1.54, 1.807) is 0 Å². The molecule has 0 saturated heterocycles. The Morgan fingerprint density at radius 2 is 2.12 bits per heavy atom. The van der Waals surface area contributed by atoms with Gasteiger partial charge in [0.05, 0.1) is 12.5 Å². The molecular weight excluding hydrogens is 226 g/mol. The first-order chi connectivity index (χ1) is 8.20. The molecule has 0 N–H and O–H groups in total. The summed E-state index contributed by atoms with van der Waals surface area (Å²) in [7, 11) is 0. The standard InChI is InChI=1S/C11H16F2N4/c1-2-3-4-5-8-17-10(11(12)13)9(6-7-14)15-16-17/h11H,2-6,8H2,1H3. The van der Waals surface area contributed by atoms with Crippen molar-refractivity contribution in [1.82, 2.24) is 15.0 Å². The number of hydrogen-bond donors (Lipinski definition) is 0. The largest absolute Gasteiger partial charge is 0.281 e. The van der Waals surface area contributed by atoms with Gasteiger partial charge in [-0.25, -0.2) is 13.5 Å². The highest BCUT2D eigenvalue weighted by Gasteiger charge is 2.21. The van der Waals surface area contributed by atoms with E-state index in [9.17, 15) is 8.78 Å². The lowest BCUT2D eigenvalue weighted by molar-refractivity contribution is 0.137. The summed E-state index contributed by atoms with van der Waals surface area (Å²) < 4.78 is 26.8. The minimum absolute atomic E-state index is 0.0954. The third-order valence-electron chi connectivity index (χ3n) is 2.52. The molecule has 0 saturated carbocycles. The zero-order valence-electron chi connectivity index (χ0n) is 9.86. The van der Waals surface area contributed by atoms with Crippen LogP contribution in [0.1, 0.15) is 50.4 Å². The van der Waals surface area contributed by atoms with E-state index < -0.39 is 6.43 Å². The molecule has 0 bridgehead atoms. The highest BCUT2D eigenvalue weighted by Crippen LogP contribution is 2.22. The summed E-state index contributed by atoms with van der Waals surface area (Å²) in [5.41, 5.74) is -0.110. The van der Waals surface area contributed by atoms with Gasteiger partial charge in [0, 0.05) is 6.54 Å². The van der Waals surface area contributed by atoms with E-state index in [4.69, 9.17) is 5.26 Å². The van der Waals surface area contributed by atoms with Crippen molar-refractivity contribution in [3.63, 3.8) is 0 Å². The molecule has 6 heteroatoms. The van der Waals surface area contributed by atoms with Gasteiger partial charge in [-0.05, 0) is 6.42 Å². The Balaban J connectivity index is 2.68. The molecule has 1 heterocycles. The number of halogens is 2. The zero-order chi connectivity index (χ0) is 12.7. The Bertz CT molecular complexity index is 381. The second kappa shape index (κ2) is 6.94. The molecule has 0 aromatic carbocycles. The number of nitrogens with zero attached hydrogens (tertiary/aromatic N) is 4. The van der Waals surface area contributed by atoms with Crippen LogP contribution in [-0.2, 0) is 13.0 Å². The number of unbranched alkanes of at least 4 members (excludes halogenated alkanes) is 3. The molecule has 0 atom stereocenters. The Hall–Kier alpha value is -1.51. The zero-order valence-corrected chi connectivity index (χ0v) is 9.86. The van der Waals surface area contributed by atoms with Crippen LogP contribution in [-0.4, -0.2) is 15.0 Å². The average Bonchev–Trinajstić information content (AvgIpc) is 2.68. The lowest BCUT2D eigenvalue weighted by Gasteiger charge is -2.05. The van der Waals surface area contributed by atoms with Gasteiger partial charge in [0.15, 0.2) is 0 Å². The second-order valence-corrected chi connectivity index (χ2v) is 3.84. The molecule has 0 radical (unpaired) electrons. The van der Waals surface area contributed by atoms with Gasteiger partial charge in [0.25, 0.3) is 6.43 Å². The number of alkyl halides is 2. The first-order valence-electron chi connectivity index (χ1n) is 5.78. The van der Waals surface area contributed by atoms with Gasteiger partial charge < -0.3 is 0 Å². The van der Waals surface area contributed by atoms with E-state index in [1.165, 1.54) is 4.68 Å². The van der Waals surface area contributed by atoms with Crippen molar-refractivity contribution in [3.8, 4) is 6.07 Å². The van der Waals surface area contributed by atoms with Gasteiger partial charge in [-0.15, -0.1) is 5.10 Å². The van der Waals surface area contributed by atoms with Crippen molar-refractivity contribution >= 4 is 0 Å². The van der Waals surface area contributed by atoms with Crippen molar-refractivity contribution in [1.29, 1.82) is 5.26 Å². The Kier molecular flexibility index (Phi) is 5.53. The van der Waals surface area contributed by atoms with Crippen LogP contribution < -0.4 is 0 Å². The van der Waals surface area contributed by atoms with Gasteiger partial charge in [-0.1, -0.05) is 31.4 Å². The summed E-state index contributed by atoms with van der Waals surface area (Å²) >= 11 is 0. The molecule has 1 aromatic rings. The van der Waals surface area contributed by atoms with Crippen LogP contribution in [0, 0.1) is 11.3 Å². The molecule has 0 amide bonds. The fourth-order valence-corrected chi connectivity index (χ4v) is 1.65. The summed E-state index contributed by atoms with van der Waals surface area (Å²) in [5.74, 6) is 0. The van der Waals surface area contributed by atoms with Crippen LogP contribution >= 0.6 is 0 Å². The van der Waals surface area contributed by atoms with Crippen LogP contribution in [0.25, 0.3) is 0 Å². The van der Waals surface area contributed by atoms with E-state index >= 15 is 0 Å². The number of nitriles is 1. The maximum atomic E-state index is 12.8. The van der Waals surface area contributed by atoms with E-state index in [2.05, 4.69) is 17.2 Å². The van der Waals surface area contributed by atoms with Gasteiger partial charge in [-0.3, -0.25) is 0 Å². The molecule has 1 rings (SSSR count). The first kappa shape index (κ1) is 13.6. The molecule has 17 heavy (non-hydrogen) atoms. The highest BCUT2D eigenvalue weighted by molar-refractivity contribution is 5.15. The quantitative estimate of drug-likeness (QED) is 0.691. The number of rotatable bonds is 7. The van der Waals surface area contributed by atoms with Crippen LogP contribution in [0.2, 0.25) is 0 Å². The smallest absolute Gasteiger partial charge is 0.243 e. The molecule has 0 spiro atoms.